The molecule has 4 aromatic rings. The molecule has 5 nitrogen and oxygen atoms in total. The van der Waals surface area contributed by atoms with Gasteiger partial charge in [0.1, 0.15) is 28.7 Å². The topological polar surface area (TPSA) is 63.9 Å². The Morgan fingerprint density at radius 2 is 1.79 bits per heavy atom. The highest BCUT2D eigenvalue weighted by Crippen LogP contribution is 2.56. The van der Waals surface area contributed by atoms with Gasteiger partial charge in [-0.25, -0.2) is 9.98 Å². The molecule has 0 saturated heterocycles. The van der Waals surface area contributed by atoms with Gasteiger partial charge in [-0.15, -0.1) is 0 Å². The lowest BCUT2D eigenvalue weighted by molar-refractivity contribution is -0.0355. The third-order valence-electron chi connectivity index (χ3n) is 7.02. The molecule has 0 radical (unpaired) electrons. The number of ether oxygens (including phenoxy) is 2. The molecule has 170 valence electrons. The second kappa shape index (κ2) is 7.32. The van der Waals surface area contributed by atoms with Crippen LogP contribution in [0.5, 0.6) is 17.4 Å². The molecule has 2 aliphatic rings. The fourth-order valence-electron chi connectivity index (χ4n) is 5.12. The van der Waals surface area contributed by atoms with E-state index in [1.165, 1.54) is 11.1 Å². The molecule has 0 spiro atoms. The molecule has 1 N–H and O–H groups in total. The molecule has 0 amide bonds. The number of hydrogen-bond donors (Lipinski definition) is 1. The zero-order valence-electron chi connectivity index (χ0n) is 19.4. The molecule has 0 bridgehead atoms. The first kappa shape index (κ1) is 20.7. The number of phenolic OH excluding ortho intramolecular Hbond substituents is 1. The lowest BCUT2D eigenvalue weighted by atomic mass is 9.72. The summed E-state index contributed by atoms with van der Waals surface area (Å²) in [6.07, 6.45) is 0.838. The van der Waals surface area contributed by atoms with Crippen LogP contribution in [0.25, 0.3) is 10.9 Å². The number of benzene rings is 3. The number of nitrogens with zero attached hydrogens (tertiary/aromatic N) is 2. The van der Waals surface area contributed by atoms with Crippen LogP contribution in [0.1, 0.15) is 43.5 Å². The van der Waals surface area contributed by atoms with Crippen LogP contribution in [0.2, 0.25) is 0 Å². The van der Waals surface area contributed by atoms with Crippen molar-refractivity contribution in [2.24, 2.45) is 10.4 Å². The summed E-state index contributed by atoms with van der Waals surface area (Å²) in [5.41, 5.74) is 3.43. The Hall–Kier alpha value is -3.86. The van der Waals surface area contributed by atoms with E-state index in [9.17, 15) is 5.11 Å². The van der Waals surface area contributed by atoms with Crippen LogP contribution in [0.15, 0.2) is 83.9 Å². The van der Waals surface area contributed by atoms with E-state index in [1.54, 1.807) is 18.2 Å². The summed E-state index contributed by atoms with van der Waals surface area (Å²) in [4.78, 5) is 9.57. The minimum atomic E-state index is -0.416. The van der Waals surface area contributed by atoms with Crippen LogP contribution in [-0.4, -0.2) is 21.6 Å². The lowest BCUT2D eigenvalue weighted by Gasteiger charge is -2.40. The highest BCUT2D eigenvalue weighted by atomic mass is 16.5. The van der Waals surface area contributed by atoms with Crippen LogP contribution in [0.4, 0.5) is 0 Å². The number of aromatic nitrogens is 1. The van der Waals surface area contributed by atoms with Crippen molar-refractivity contribution in [2.45, 2.75) is 38.8 Å². The molecule has 34 heavy (non-hydrogen) atoms. The van der Waals surface area contributed by atoms with Crippen molar-refractivity contribution in [3.8, 4) is 17.4 Å². The summed E-state index contributed by atoms with van der Waals surface area (Å²) in [6.45, 7) is 6.68. The van der Waals surface area contributed by atoms with Crippen molar-refractivity contribution in [1.82, 2.24) is 4.98 Å². The fourth-order valence-corrected chi connectivity index (χ4v) is 5.12. The Balaban J connectivity index is 1.34. The quantitative estimate of drug-likeness (QED) is 0.382. The molecule has 1 aliphatic carbocycles. The Kier molecular flexibility index (Phi) is 4.46. The Morgan fingerprint density at radius 3 is 2.65 bits per heavy atom. The third kappa shape index (κ3) is 3.15. The molecule has 3 aromatic carbocycles. The second-order valence-electron chi connectivity index (χ2n) is 10.1. The molecular formula is C29H26N2O3. The number of aliphatic imine (C=N–C) groups is 1. The highest BCUT2D eigenvalue weighted by Gasteiger charge is 2.59. The van der Waals surface area contributed by atoms with Gasteiger partial charge in [0.2, 0.25) is 11.8 Å². The molecule has 1 aromatic heterocycles. The number of aromatic hydroxyl groups is 1. The van der Waals surface area contributed by atoms with Gasteiger partial charge in [0.15, 0.2) is 0 Å². The highest BCUT2D eigenvalue weighted by molar-refractivity contribution is 5.96. The molecule has 5 heteroatoms. The molecular weight excluding hydrogens is 424 g/mol. The number of rotatable bonds is 3. The first-order valence-electron chi connectivity index (χ1n) is 11.6. The van der Waals surface area contributed by atoms with Crippen LogP contribution in [-0.2, 0) is 11.2 Å². The number of pyridine rings is 1. The number of phenols is 1. The van der Waals surface area contributed by atoms with Gasteiger partial charge in [-0.2, -0.15) is 0 Å². The molecule has 0 saturated carbocycles. The van der Waals surface area contributed by atoms with E-state index in [1.807, 2.05) is 36.4 Å². The van der Waals surface area contributed by atoms with E-state index in [2.05, 4.69) is 50.0 Å². The summed E-state index contributed by atoms with van der Waals surface area (Å²) in [5.74, 6) is 1.82. The average Bonchev–Trinajstić information content (AvgIpc) is 3.35. The fraction of sp³-hybridized carbons (Fsp3) is 0.241. The van der Waals surface area contributed by atoms with Gasteiger partial charge < -0.3 is 14.6 Å². The van der Waals surface area contributed by atoms with E-state index < -0.39 is 5.60 Å². The Morgan fingerprint density at radius 1 is 0.971 bits per heavy atom. The monoisotopic (exact) mass is 450 g/mol. The zero-order chi connectivity index (χ0) is 23.5. The summed E-state index contributed by atoms with van der Waals surface area (Å²) < 4.78 is 12.8. The zero-order valence-corrected chi connectivity index (χ0v) is 19.4. The smallest absolute Gasteiger partial charge is 0.219 e. The number of hydrogen-bond acceptors (Lipinski definition) is 5. The van der Waals surface area contributed by atoms with Gasteiger partial charge in [-0.1, -0.05) is 63.2 Å². The van der Waals surface area contributed by atoms with Crippen molar-refractivity contribution in [1.29, 1.82) is 0 Å². The van der Waals surface area contributed by atoms with Crippen LogP contribution in [0, 0.1) is 5.41 Å². The minimum absolute atomic E-state index is 0.0339. The standard InChI is InChI=1S/C29H26N2O3/c1-28(2,3)29-17-20-8-4-5-12-22(20)26(29)31-27(34-29)19-10-6-11-21(16-19)33-24-15-14-18-9-7-13-23(32)25(18)30-24/h4-16,26,32H,17H2,1-3H3/t26-,29+/m0/s1. The minimum Gasteiger partial charge on any atom is -0.506 e. The van der Waals surface area contributed by atoms with Gasteiger partial charge in [0.25, 0.3) is 0 Å². The van der Waals surface area contributed by atoms with Crippen molar-refractivity contribution < 1.29 is 14.6 Å². The SMILES string of the molecule is CC(C)(C)[C@@]12Cc3ccccc3[C@@H]1N=C(c1cccc(Oc3ccc4cccc(O)c4n3)c1)O2. The van der Waals surface area contributed by atoms with Crippen molar-refractivity contribution >= 4 is 16.8 Å². The number of para-hydroxylation sites is 1. The lowest BCUT2D eigenvalue weighted by Crippen LogP contribution is -2.46. The first-order chi connectivity index (χ1) is 16.3. The molecule has 1 aliphatic heterocycles. The van der Waals surface area contributed by atoms with E-state index in [0.717, 1.165) is 17.4 Å². The van der Waals surface area contributed by atoms with Crippen molar-refractivity contribution in [3.63, 3.8) is 0 Å². The molecule has 0 unspecified atom stereocenters. The van der Waals surface area contributed by atoms with Crippen LogP contribution >= 0.6 is 0 Å². The molecule has 6 rings (SSSR count). The Bertz CT molecular complexity index is 1450. The van der Waals surface area contributed by atoms with Gasteiger partial charge in [0.05, 0.1) is 0 Å². The number of fused-ring (bicyclic) bond motifs is 4. The first-order valence-corrected chi connectivity index (χ1v) is 11.6. The summed E-state index contributed by atoms with van der Waals surface area (Å²) in [7, 11) is 0. The largest absolute Gasteiger partial charge is 0.506 e. The summed E-state index contributed by atoms with van der Waals surface area (Å²) in [5, 5.41) is 11.0. The summed E-state index contributed by atoms with van der Waals surface area (Å²) >= 11 is 0. The van der Waals surface area contributed by atoms with Crippen LogP contribution in [0.3, 0.4) is 0 Å². The van der Waals surface area contributed by atoms with E-state index in [0.29, 0.717) is 23.0 Å². The van der Waals surface area contributed by atoms with E-state index >= 15 is 0 Å². The van der Waals surface area contributed by atoms with Crippen molar-refractivity contribution in [3.05, 3.63) is 95.6 Å². The van der Waals surface area contributed by atoms with Gasteiger partial charge in [0, 0.05) is 28.9 Å². The maximum absolute atomic E-state index is 10.1. The van der Waals surface area contributed by atoms with Gasteiger partial charge in [-0.3, -0.25) is 0 Å². The third-order valence-corrected chi connectivity index (χ3v) is 7.02. The second-order valence-corrected chi connectivity index (χ2v) is 10.1. The maximum Gasteiger partial charge on any atom is 0.219 e. The maximum atomic E-state index is 10.1. The predicted molar refractivity (Wildman–Crippen MR) is 133 cm³/mol. The van der Waals surface area contributed by atoms with Crippen LogP contribution < -0.4 is 4.74 Å². The van der Waals surface area contributed by atoms with E-state index in [-0.39, 0.29) is 17.2 Å². The summed E-state index contributed by atoms with van der Waals surface area (Å²) in [6, 6.07) is 25.2. The van der Waals surface area contributed by atoms with E-state index in [4.69, 9.17) is 14.5 Å². The average molecular weight is 451 g/mol. The Labute approximate surface area is 198 Å². The van der Waals surface area contributed by atoms with Gasteiger partial charge >= 0.3 is 0 Å². The molecule has 2 heterocycles. The predicted octanol–water partition coefficient (Wildman–Crippen LogP) is 6.59. The molecule has 2 atom stereocenters. The molecule has 0 fully saturated rings. The normalized spacial score (nSPS) is 21.0. The van der Waals surface area contributed by atoms with Crippen molar-refractivity contribution in [2.75, 3.05) is 0 Å². The van der Waals surface area contributed by atoms with Gasteiger partial charge in [-0.05, 0) is 41.5 Å².